The van der Waals surface area contributed by atoms with Crippen molar-refractivity contribution in [1.29, 1.82) is 0 Å². The van der Waals surface area contributed by atoms with Crippen LogP contribution in [0, 0.1) is 5.92 Å². The molecule has 0 saturated heterocycles. The lowest BCUT2D eigenvalue weighted by Crippen LogP contribution is -2.04. The zero-order valence-electron chi connectivity index (χ0n) is 11.2. The number of aromatic nitrogens is 2. The topological polar surface area (TPSA) is 76.2 Å². The third-order valence-corrected chi connectivity index (χ3v) is 3.41. The standard InChI is InChI=1S/C15H17N5/c1-17-15-13(19-8-10-2-3-10)6-12(9-20-15)11-4-5-18-14(16)7-11/h4-7,9-10,19H,1-3,8H2,(H2,16,18). The maximum absolute atomic E-state index is 5.72. The highest BCUT2D eigenvalue weighted by Crippen LogP contribution is 2.32. The average Bonchev–Trinajstić information content (AvgIpc) is 3.29. The number of anilines is 2. The zero-order chi connectivity index (χ0) is 13.9. The van der Waals surface area contributed by atoms with Gasteiger partial charge in [-0.25, -0.2) is 15.0 Å². The van der Waals surface area contributed by atoms with Crippen molar-refractivity contribution in [3.05, 3.63) is 30.6 Å². The molecule has 102 valence electrons. The Morgan fingerprint density at radius 3 is 2.85 bits per heavy atom. The van der Waals surface area contributed by atoms with Gasteiger partial charge in [0.1, 0.15) is 5.82 Å². The molecule has 2 heterocycles. The first-order chi connectivity index (χ1) is 9.76. The largest absolute Gasteiger partial charge is 0.384 e. The van der Waals surface area contributed by atoms with E-state index in [-0.39, 0.29) is 0 Å². The van der Waals surface area contributed by atoms with Gasteiger partial charge in [0, 0.05) is 24.5 Å². The first kappa shape index (κ1) is 12.6. The van der Waals surface area contributed by atoms with Gasteiger partial charge in [0.25, 0.3) is 0 Å². The van der Waals surface area contributed by atoms with Crippen LogP contribution in [0.3, 0.4) is 0 Å². The van der Waals surface area contributed by atoms with E-state index in [0.29, 0.717) is 11.6 Å². The molecule has 0 amide bonds. The molecule has 5 heteroatoms. The van der Waals surface area contributed by atoms with E-state index in [0.717, 1.165) is 29.3 Å². The van der Waals surface area contributed by atoms with Gasteiger partial charge in [-0.05, 0) is 49.2 Å². The van der Waals surface area contributed by atoms with E-state index in [1.165, 1.54) is 12.8 Å². The van der Waals surface area contributed by atoms with Crippen molar-refractivity contribution in [2.45, 2.75) is 12.8 Å². The lowest BCUT2D eigenvalue weighted by atomic mass is 10.1. The van der Waals surface area contributed by atoms with Crippen LogP contribution in [0.2, 0.25) is 0 Å². The first-order valence-electron chi connectivity index (χ1n) is 6.69. The number of nitrogens with one attached hydrogen (secondary N) is 1. The summed E-state index contributed by atoms with van der Waals surface area (Å²) in [5.41, 5.74) is 8.62. The van der Waals surface area contributed by atoms with Crippen LogP contribution >= 0.6 is 0 Å². The lowest BCUT2D eigenvalue weighted by molar-refractivity contribution is 0.888. The number of nitrogen functional groups attached to an aromatic ring is 1. The summed E-state index contributed by atoms with van der Waals surface area (Å²) in [4.78, 5) is 12.3. The van der Waals surface area contributed by atoms with Crippen LogP contribution in [0.5, 0.6) is 0 Å². The van der Waals surface area contributed by atoms with Crippen molar-refractivity contribution in [2.24, 2.45) is 10.9 Å². The predicted molar refractivity (Wildman–Crippen MR) is 82.3 cm³/mol. The third-order valence-electron chi connectivity index (χ3n) is 3.41. The van der Waals surface area contributed by atoms with Crippen LogP contribution in [0.25, 0.3) is 11.1 Å². The van der Waals surface area contributed by atoms with Gasteiger partial charge in [0.2, 0.25) is 0 Å². The Morgan fingerprint density at radius 1 is 1.30 bits per heavy atom. The first-order valence-corrected chi connectivity index (χ1v) is 6.69. The number of pyridine rings is 2. The summed E-state index contributed by atoms with van der Waals surface area (Å²) in [5, 5.41) is 3.41. The van der Waals surface area contributed by atoms with E-state index in [1.807, 2.05) is 18.2 Å². The van der Waals surface area contributed by atoms with Gasteiger partial charge in [0.15, 0.2) is 5.82 Å². The minimum absolute atomic E-state index is 0.501. The summed E-state index contributed by atoms with van der Waals surface area (Å²) in [6.45, 7) is 4.53. The SMILES string of the molecule is C=Nc1ncc(-c2ccnc(N)c2)cc1NCC1CC1. The van der Waals surface area contributed by atoms with Crippen LogP contribution in [-0.2, 0) is 0 Å². The molecule has 1 fully saturated rings. The maximum atomic E-state index is 5.72. The number of hydrogen-bond acceptors (Lipinski definition) is 5. The molecule has 20 heavy (non-hydrogen) atoms. The Hall–Kier alpha value is -2.43. The highest BCUT2D eigenvalue weighted by Gasteiger charge is 2.21. The van der Waals surface area contributed by atoms with Crippen molar-refractivity contribution >= 4 is 24.0 Å². The van der Waals surface area contributed by atoms with E-state index in [1.54, 1.807) is 12.4 Å². The molecule has 0 aliphatic heterocycles. The fraction of sp³-hybridized carbons (Fsp3) is 0.267. The molecule has 1 aliphatic carbocycles. The predicted octanol–water partition coefficient (Wildman–Crippen LogP) is 2.88. The van der Waals surface area contributed by atoms with Crippen molar-refractivity contribution in [2.75, 3.05) is 17.6 Å². The molecule has 0 bridgehead atoms. The van der Waals surface area contributed by atoms with Crippen LogP contribution in [-0.4, -0.2) is 23.2 Å². The second-order valence-electron chi connectivity index (χ2n) is 5.05. The molecule has 5 nitrogen and oxygen atoms in total. The van der Waals surface area contributed by atoms with Crippen molar-refractivity contribution in [3.63, 3.8) is 0 Å². The summed E-state index contributed by atoms with van der Waals surface area (Å²) < 4.78 is 0. The molecule has 2 aromatic heterocycles. The zero-order valence-corrected chi connectivity index (χ0v) is 11.2. The Bertz CT molecular complexity index is 634. The van der Waals surface area contributed by atoms with Crippen molar-refractivity contribution < 1.29 is 0 Å². The molecule has 1 aliphatic rings. The molecular weight excluding hydrogens is 250 g/mol. The molecule has 3 N–H and O–H groups in total. The monoisotopic (exact) mass is 267 g/mol. The van der Waals surface area contributed by atoms with Crippen molar-refractivity contribution in [3.8, 4) is 11.1 Å². The van der Waals surface area contributed by atoms with Gasteiger partial charge in [-0.2, -0.15) is 0 Å². The lowest BCUT2D eigenvalue weighted by Gasteiger charge is -2.10. The maximum Gasteiger partial charge on any atom is 0.174 e. The number of aliphatic imine (C=N–C) groups is 1. The third kappa shape index (κ3) is 2.77. The van der Waals surface area contributed by atoms with Crippen molar-refractivity contribution in [1.82, 2.24) is 9.97 Å². The average molecular weight is 267 g/mol. The second-order valence-corrected chi connectivity index (χ2v) is 5.05. The number of nitrogens with two attached hydrogens (primary N) is 1. The summed E-state index contributed by atoms with van der Waals surface area (Å²) in [6, 6.07) is 5.79. The van der Waals surface area contributed by atoms with Crippen LogP contribution < -0.4 is 11.1 Å². The van der Waals surface area contributed by atoms with Gasteiger partial charge in [-0.3, -0.25) is 0 Å². The minimum atomic E-state index is 0.501. The molecule has 2 aromatic rings. The van der Waals surface area contributed by atoms with Gasteiger partial charge >= 0.3 is 0 Å². The highest BCUT2D eigenvalue weighted by atomic mass is 15.0. The van der Waals surface area contributed by atoms with E-state index in [4.69, 9.17) is 5.73 Å². The van der Waals surface area contributed by atoms with E-state index >= 15 is 0 Å². The van der Waals surface area contributed by atoms with E-state index in [9.17, 15) is 0 Å². The van der Waals surface area contributed by atoms with Crippen LogP contribution in [0.1, 0.15) is 12.8 Å². The highest BCUT2D eigenvalue weighted by molar-refractivity contribution is 5.74. The molecule has 3 rings (SSSR count). The normalized spacial score (nSPS) is 14.0. The minimum Gasteiger partial charge on any atom is -0.384 e. The van der Waals surface area contributed by atoms with Gasteiger partial charge in [0.05, 0.1) is 5.69 Å². The second kappa shape index (κ2) is 5.28. The van der Waals surface area contributed by atoms with Gasteiger partial charge in [-0.15, -0.1) is 0 Å². The summed E-state index contributed by atoms with van der Waals surface area (Å²) in [7, 11) is 0. The fourth-order valence-corrected chi connectivity index (χ4v) is 2.08. The molecule has 1 saturated carbocycles. The Balaban J connectivity index is 1.91. The molecule has 0 unspecified atom stereocenters. The smallest absolute Gasteiger partial charge is 0.174 e. The quantitative estimate of drug-likeness (QED) is 0.817. The summed E-state index contributed by atoms with van der Waals surface area (Å²) >= 11 is 0. The van der Waals surface area contributed by atoms with Crippen LogP contribution in [0.4, 0.5) is 17.3 Å². The molecule has 0 spiro atoms. The molecule has 0 radical (unpaired) electrons. The molecule has 0 atom stereocenters. The number of hydrogen-bond donors (Lipinski definition) is 2. The van der Waals surface area contributed by atoms with E-state index in [2.05, 4.69) is 27.0 Å². The summed E-state index contributed by atoms with van der Waals surface area (Å²) in [6.07, 6.45) is 6.08. The number of rotatable bonds is 5. The Morgan fingerprint density at radius 2 is 2.15 bits per heavy atom. The van der Waals surface area contributed by atoms with Crippen LogP contribution in [0.15, 0.2) is 35.6 Å². The number of nitrogens with zero attached hydrogens (tertiary/aromatic N) is 3. The Kier molecular flexibility index (Phi) is 3.33. The van der Waals surface area contributed by atoms with E-state index < -0.39 is 0 Å². The molecule has 0 aromatic carbocycles. The van der Waals surface area contributed by atoms with Gasteiger partial charge < -0.3 is 11.1 Å². The van der Waals surface area contributed by atoms with Gasteiger partial charge in [-0.1, -0.05) is 0 Å². The molecular formula is C15H17N5. The Labute approximate surface area is 118 Å². The summed E-state index contributed by atoms with van der Waals surface area (Å²) in [5.74, 6) is 1.92. The fourth-order valence-electron chi connectivity index (χ4n) is 2.08.